The predicted molar refractivity (Wildman–Crippen MR) is 120 cm³/mol. The lowest BCUT2D eigenvalue weighted by Crippen LogP contribution is -2.18. The van der Waals surface area contributed by atoms with Crippen molar-refractivity contribution in [3.63, 3.8) is 0 Å². The van der Waals surface area contributed by atoms with Gasteiger partial charge >= 0.3 is 0 Å². The van der Waals surface area contributed by atoms with Gasteiger partial charge in [0.2, 0.25) is 5.91 Å². The molecule has 0 saturated carbocycles. The van der Waals surface area contributed by atoms with Crippen LogP contribution in [0.2, 0.25) is 5.02 Å². The molecule has 1 aliphatic rings. The van der Waals surface area contributed by atoms with Gasteiger partial charge < -0.3 is 14.8 Å². The monoisotopic (exact) mass is 443 g/mol. The molecule has 4 rings (SSSR count). The van der Waals surface area contributed by atoms with Crippen molar-refractivity contribution in [3.05, 3.63) is 58.4 Å². The molecule has 1 aliphatic heterocycles. The third-order valence-electron chi connectivity index (χ3n) is 4.99. The van der Waals surface area contributed by atoms with Crippen LogP contribution >= 0.6 is 23.4 Å². The Kier molecular flexibility index (Phi) is 5.92. The van der Waals surface area contributed by atoms with Gasteiger partial charge in [-0.25, -0.2) is 4.68 Å². The molecule has 0 saturated heterocycles. The van der Waals surface area contributed by atoms with E-state index < -0.39 is 0 Å². The van der Waals surface area contributed by atoms with Crippen LogP contribution in [0.4, 0.5) is 5.69 Å². The highest BCUT2D eigenvalue weighted by atomic mass is 35.5. The maximum Gasteiger partial charge on any atom is 0.228 e. The van der Waals surface area contributed by atoms with E-state index in [9.17, 15) is 4.79 Å². The Morgan fingerprint density at radius 1 is 1.17 bits per heavy atom. The van der Waals surface area contributed by atoms with Gasteiger partial charge in [0.15, 0.2) is 11.5 Å². The molecule has 6 nitrogen and oxygen atoms in total. The fourth-order valence-corrected chi connectivity index (χ4v) is 4.14. The van der Waals surface area contributed by atoms with E-state index in [-0.39, 0.29) is 12.3 Å². The van der Waals surface area contributed by atoms with Crippen molar-refractivity contribution in [2.75, 3.05) is 24.8 Å². The molecule has 3 aromatic rings. The topological polar surface area (TPSA) is 65.4 Å². The first-order chi connectivity index (χ1) is 14.5. The second-order valence-electron chi connectivity index (χ2n) is 6.96. The summed E-state index contributed by atoms with van der Waals surface area (Å²) < 4.78 is 13.1. The van der Waals surface area contributed by atoms with Crippen LogP contribution in [-0.4, -0.2) is 35.2 Å². The van der Waals surface area contributed by atoms with Crippen molar-refractivity contribution in [1.82, 2.24) is 9.78 Å². The first-order valence-electron chi connectivity index (χ1n) is 9.55. The van der Waals surface area contributed by atoms with Crippen molar-refractivity contribution >= 4 is 35.0 Å². The number of carbonyl (C=O) groups is 1. The zero-order chi connectivity index (χ0) is 21.3. The zero-order valence-corrected chi connectivity index (χ0v) is 18.6. The summed E-state index contributed by atoms with van der Waals surface area (Å²) in [5.74, 6) is 1.25. The summed E-state index contributed by atoms with van der Waals surface area (Å²) in [5.41, 5.74) is 4.29. The fourth-order valence-electron chi connectivity index (χ4n) is 3.46. The van der Waals surface area contributed by atoms with Crippen molar-refractivity contribution in [3.8, 4) is 17.2 Å². The van der Waals surface area contributed by atoms with Crippen LogP contribution in [0.3, 0.4) is 0 Å². The van der Waals surface area contributed by atoms with Crippen molar-refractivity contribution in [1.29, 1.82) is 0 Å². The molecule has 1 N–H and O–H groups in total. The molecule has 8 heteroatoms. The highest BCUT2D eigenvalue weighted by molar-refractivity contribution is 7.98. The van der Waals surface area contributed by atoms with Gasteiger partial charge in [-0.1, -0.05) is 11.6 Å². The van der Waals surface area contributed by atoms with Gasteiger partial charge in [-0.2, -0.15) is 5.10 Å². The number of nitrogens with one attached hydrogen (secondary N) is 1. The fraction of sp³-hybridized carbons (Fsp3) is 0.273. The summed E-state index contributed by atoms with van der Waals surface area (Å²) in [6.45, 7) is 4.91. The van der Waals surface area contributed by atoms with Gasteiger partial charge in [0.1, 0.15) is 13.2 Å². The second-order valence-corrected chi connectivity index (χ2v) is 8.24. The Hall–Kier alpha value is -2.64. The minimum Gasteiger partial charge on any atom is -0.486 e. The summed E-state index contributed by atoms with van der Waals surface area (Å²) in [6, 6.07) is 11.2. The molecule has 156 valence electrons. The predicted octanol–water partition coefficient (Wildman–Crippen LogP) is 4.82. The van der Waals surface area contributed by atoms with E-state index in [1.54, 1.807) is 11.8 Å². The molecule has 1 aromatic heterocycles. The summed E-state index contributed by atoms with van der Waals surface area (Å²) in [6.07, 6.45) is 2.19. The summed E-state index contributed by atoms with van der Waals surface area (Å²) in [4.78, 5) is 13.8. The van der Waals surface area contributed by atoms with E-state index in [4.69, 9.17) is 21.1 Å². The van der Waals surface area contributed by atoms with E-state index in [2.05, 4.69) is 10.4 Å². The van der Waals surface area contributed by atoms with Gasteiger partial charge in [0.25, 0.3) is 0 Å². The van der Waals surface area contributed by atoms with E-state index in [1.807, 2.05) is 61.2 Å². The number of thioether (sulfide) groups is 1. The van der Waals surface area contributed by atoms with Crippen molar-refractivity contribution in [2.24, 2.45) is 0 Å². The first kappa shape index (κ1) is 20.6. The number of amides is 1. The Labute approximate surface area is 184 Å². The molecular weight excluding hydrogens is 422 g/mol. The van der Waals surface area contributed by atoms with Gasteiger partial charge in [0.05, 0.1) is 23.5 Å². The van der Waals surface area contributed by atoms with Crippen LogP contribution in [0.15, 0.2) is 41.3 Å². The maximum absolute atomic E-state index is 12.9. The molecule has 0 fully saturated rings. The molecule has 1 amide bonds. The van der Waals surface area contributed by atoms with Gasteiger partial charge in [0, 0.05) is 27.2 Å². The number of hydrogen-bond acceptors (Lipinski definition) is 5. The first-order valence-corrected chi connectivity index (χ1v) is 11.1. The average Bonchev–Trinajstić information content (AvgIpc) is 3.02. The molecule has 0 unspecified atom stereocenters. The normalized spacial score (nSPS) is 12.7. The number of aryl methyl sites for hydroxylation is 1. The lowest BCUT2D eigenvalue weighted by Gasteiger charge is -2.21. The Bertz CT molecular complexity index is 1100. The molecule has 30 heavy (non-hydrogen) atoms. The number of ether oxygens (including phenoxy) is 2. The Balaban J connectivity index is 1.56. The molecule has 0 atom stereocenters. The van der Waals surface area contributed by atoms with Crippen molar-refractivity contribution in [2.45, 2.75) is 25.2 Å². The molecule has 0 aliphatic carbocycles. The highest BCUT2D eigenvalue weighted by Crippen LogP contribution is 2.39. The van der Waals surface area contributed by atoms with Gasteiger partial charge in [-0.15, -0.1) is 11.8 Å². The molecule has 0 bridgehead atoms. The van der Waals surface area contributed by atoms with Crippen LogP contribution in [-0.2, 0) is 11.2 Å². The number of carbonyl (C=O) groups excluding carboxylic acids is 1. The summed E-state index contributed by atoms with van der Waals surface area (Å²) in [5, 5.41) is 8.31. The minimum absolute atomic E-state index is 0.108. The zero-order valence-electron chi connectivity index (χ0n) is 17.0. The third-order valence-corrected chi connectivity index (χ3v) is 6.02. The van der Waals surface area contributed by atoms with Crippen LogP contribution < -0.4 is 14.8 Å². The lowest BCUT2D eigenvalue weighted by molar-refractivity contribution is -0.115. The quantitative estimate of drug-likeness (QED) is 0.573. The average molecular weight is 444 g/mol. The number of nitrogens with zero attached hydrogens (tertiary/aromatic N) is 2. The van der Waals surface area contributed by atoms with Gasteiger partial charge in [-0.3, -0.25) is 4.79 Å². The largest absolute Gasteiger partial charge is 0.486 e. The molecular formula is C22H22ClN3O3S. The third kappa shape index (κ3) is 4.13. The van der Waals surface area contributed by atoms with E-state index in [0.717, 1.165) is 33.2 Å². The van der Waals surface area contributed by atoms with Crippen LogP contribution in [0, 0.1) is 13.8 Å². The van der Waals surface area contributed by atoms with Gasteiger partial charge in [-0.05, 0) is 50.4 Å². The number of benzene rings is 2. The number of rotatable bonds is 5. The maximum atomic E-state index is 12.9. The highest BCUT2D eigenvalue weighted by Gasteiger charge is 2.19. The second kappa shape index (κ2) is 8.62. The number of aromatic nitrogens is 2. The number of fused-ring (bicyclic) bond motifs is 1. The lowest BCUT2D eigenvalue weighted by atomic mass is 10.1. The van der Waals surface area contributed by atoms with Crippen LogP contribution in [0.1, 0.15) is 17.0 Å². The molecule has 0 spiro atoms. The van der Waals surface area contributed by atoms with Crippen LogP contribution in [0.25, 0.3) is 5.69 Å². The number of anilines is 1. The SMILES string of the molecule is CSc1cc2c(cc1NC(=O)Cc1c(C)nn(-c3ccc(Cl)cc3)c1C)OCCO2. The minimum atomic E-state index is -0.108. The smallest absolute Gasteiger partial charge is 0.228 e. The molecule has 2 heterocycles. The van der Waals surface area contributed by atoms with Crippen molar-refractivity contribution < 1.29 is 14.3 Å². The summed E-state index contributed by atoms with van der Waals surface area (Å²) >= 11 is 7.54. The Morgan fingerprint density at radius 3 is 2.50 bits per heavy atom. The standard InChI is InChI=1S/C22H22ClN3O3S/c1-13-17(14(2)26(25-13)16-6-4-15(23)5-7-16)10-22(27)24-18-11-19-20(12-21(18)30-3)29-9-8-28-19/h4-7,11-12H,8-10H2,1-3H3,(H,24,27). The summed E-state index contributed by atoms with van der Waals surface area (Å²) in [7, 11) is 0. The van der Waals surface area contributed by atoms with E-state index in [1.165, 1.54) is 0 Å². The van der Waals surface area contributed by atoms with E-state index in [0.29, 0.717) is 29.7 Å². The molecule has 2 aromatic carbocycles. The van der Waals surface area contributed by atoms with Crippen LogP contribution in [0.5, 0.6) is 11.5 Å². The van der Waals surface area contributed by atoms with E-state index >= 15 is 0 Å². The number of halogens is 1. The number of hydrogen-bond donors (Lipinski definition) is 1. The Morgan fingerprint density at radius 2 is 1.83 bits per heavy atom. The molecule has 0 radical (unpaired) electrons.